The summed E-state index contributed by atoms with van der Waals surface area (Å²) >= 11 is 0. The van der Waals surface area contributed by atoms with Crippen molar-refractivity contribution in [1.82, 2.24) is 5.48 Å². The van der Waals surface area contributed by atoms with Crippen molar-refractivity contribution in [2.24, 2.45) is 0 Å². The van der Waals surface area contributed by atoms with E-state index in [9.17, 15) is 0 Å². The molecule has 0 fully saturated rings. The van der Waals surface area contributed by atoms with Crippen LogP contribution in [-0.2, 0) is 4.84 Å². The van der Waals surface area contributed by atoms with Gasteiger partial charge >= 0.3 is 0 Å². The maximum Gasteiger partial charge on any atom is 0.0572 e. The molecule has 0 atom stereocenters. The third-order valence-corrected chi connectivity index (χ3v) is 0.204. The first-order valence-corrected chi connectivity index (χ1v) is 1.11. The second-order valence-electron chi connectivity index (χ2n) is 0.408. The third-order valence-electron chi connectivity index (χ3n) is 0.204. The second-order valence-corrected chi connectivity index (χ2v) is 0.408. The van der Waals surface area contributed by atoms with Gasteiger partial charge in [0.05, 0.1) is 7.11 Å². The Kier molecular flexibility index (Phi) is 16.1. The van der Waals surface area contributed by atoms with Crippen molar-refractivity contribution in [3.05, 3.63) is 0 Å². The fraction of sp³-hybridized carbons (Fsp3) is 1.00. The Morgan fingerprint density at radius 1 is 1.60 bits per heavy atom. The Balaban J connectivity index is 0. The molecule has 5 heavy (non-hydrogen) atoms. The normalized spacial score (nSPS) is 6.00. The fourth-order valence-corrected chi connectivity index (χ4v) is 0. The molecule has 2 nitrogen and oxygen atoms in total. The fourth-order valence-electron chi connectivity index (χ4n) is 0. The standard InChI is InChI=1S/C2H7NO.CH4/c1-3-4-2;/h3H,1-2H3;1H4. The molecule has 34 valence electrons. The van der Waals surface area contributed by atoms with Gasteiger partial charge in [0.15, 0.2) is 0 Å². The summed E-state index contributed by atoms with van der Waals surface area (Å²) in [6.07, 6.45) is 0. The molecule has 0 bridgehead atoms. The monoisotopic (exact) mass is 77.1 g/mol. The van der Waals surface area contributed by atoms with E-state index in [0.717, 1.165) is 0 Å². The molecule has 0 aliphatic rings. The topological polar surface area (TPSA) is 21.3 Å². The predicted molar refractivity (Wildman–Crippen MR) is 22.8 cm³/mol. The van der Waals surface area contributed by atoms with Crippen LogP contribution in [0.15, 0.2) is 0 Å². The summed E-state index contributed by atoms with van der Waals surface area (Å²) in [6.45, 7) is 0. The van der Waals surface area contributed by atoms with Crippen LogP contribution in [0.25, 0.3) is 0 Å². The molecule has 2 heteroatoms. The van der Waals surface area contributed by atoms with E-state index in [1.165, 1.54) is 0 Å². The first-order chi connectivity index (χ1) is 1.91. The Hall–Kier alpha value is -0.0800. The van der Waals surface area contributed by atoms with Crippen molar-refractivity contribution < 1.29 is 4.84 Å². The molecule has 0 saturated heterocycles. The first kappa shape index (κ1) is 8.87. The average Bonchev–Trinajstić information content (AvgIpc) is 1.37. The van der Waals surface area contributed by atoms with Gasteiger partial charge in [-0.3, -0.25) is 0 Å². The van der Waals surface area contributed by atoms with Crippen LogP contribution >= 0.6 is 0 Å². The van der Waals surface area contributed by atoms with E-state index in [4.69, 9.17) is 0 Å². The minimum atomic E-state index is 0. The van der Waals surface area contributed by atoms with Crippen LogP contribution in [0.3, 0.4) is 0 Å². The van der Waals surface area contributed by atoms with Crippen LogP contribution in [0.1, 0.15) is 7.43 Å². The van der Waals surface area contributed by atoms with Crippen LogP contribution in [-0.4, -0.2) is 14.2 Å². The van der Waals surface area contributed by atoms with Crippen molar-refractivity contribution in [1.29, 1.82) is 0 Å². The quantitative estimate of drug-likeness (QED) is 0.457. The summed E-state index contributed by atoms with van der Waals surface area (Å²) in [5.41, 5.74) is 2.43. The van der Waals surface area contributed by atoms with E-state index in [1.807, 2.05) is 0 Å². The largest absolute Gasteiger partial charge is 0.305 e. The molecule has 0 amide bonds. The number of hydrogen-bond donors (Lipinski definition) is 1. The molecule has 0 saturated carbocycles. The summed E-state index contributed by atoms with van der Waals surface area (Å²) in [4.78, 5) is 4.29. The van der Waals surface area contributed by atoms with Crippen LogP contribution in [0.2, 0.25) is 0 Å². The van der Waals surface area contributed by atoms with Crippen molar-refractivity contribution in [3.8, 4) is 0 Å². The van der Waals surface area contributed by atoms with Crippen molar-refractivity contribution in [2.45, 2.75) is 7.43 Å². The van der Waals surface area contributed by atoms with E-state index in [1.54, 1.807) is 14.2 Å². The summed E-state index contributed by atoms with van der Waals surface area (Å²) < 4.78 is 0. The Morgan fingerprint density at radius 3 is 1.80 bits per heavy atom. The van der Waals surface area contributed by atoms with Crippen LogP contribution in [0.5, 0.6) is 0 Å². The van der Waals surface area contributed by atoms with E-state index in [-0.39, 0.29) is 7.43 Å². The highest BCUT2D eigenvalue weighted by molar-refractivity contribution is 3.76. The van der Waals surface area contributed by atoms with Crippen LogP contribution in [0.4, 0.5) is 0 Å². The third kappa shape index (κ3) is 17.1. The van der Waals surface area contributed by atoms with Gasteiger partial charge in [-0.1, -0.05) is 7.43 Å². The molecule has 0 unspecified atom stereocenters. The van der Waals surface area contributed by atoms with Crippen molar-refractivity contribution in [3.63, 3.8) is 0 Å². The van der Waals surface area contributed by atoms with Gasteiger partial charge in [-0.25, -0.2) is 5.48 Å². The van der Waals surface area contributed by atoms with E-state index in [2.05, 4.69) is 10.3 Å². The first-order valence-electron chi connectivity index (χ1n) is 1.11. The summed E-state index contributed by atoms with van der Waals surface area (Å²) in [7, 11) is 3.28. The van der Waals surface area contributed by atoms with Crippen LogP contribution < -0.4 is 5.48 Å². The molecule has 1 N–H and O–H groups in total. The number of rotatable bonds is 1. The lowest BCUT2D eigenvalue weighted by atomic mass is 11.5. The number of nitrogens with one attached hydrogen (secondary N) is 1. The molecular weight excluding hydrogens is 66.0 g/mol. The predicted octanol–water partition coefficient (Wildman–Crippen LogP) is 0.403. The molecule has 0 rings (SSSR count). The van der Waals surface area contributed by atoms with Gasteiger partial charge < -0.3 is 4.84 Å². The lowest BCUT2D eigenvalue weighted by Crippen LogP contribution is -2.00. The second kappa shape index (κ2) is 9.07. The molecule has 0 aromatic heterocycles. The van der Waals surface area contributed by atoms with E-state index >= 15 is 0 Å². The summed E-state index contributed by atoms with van der Waals surface area (Å²) in [5, 5.41) is 0. The molecule has 0 spiro atoms. The van der Waals surface area contributed by atoms with Crippen LogP contribution in [0, 0.1) is 0 Å². The highest BCUT2D eigenvalue weighted by atomic mass is 16.6. The van der Waals surface area contributed by atoms with Gasteiger partial charge in [-0.2, -0.15) is 0 Å². The van der Waals surface area contributed by atoms with E-state index in [0.29, 0.717) is 0 Å². The maximum absolute atomic E-state index is 4.29. The highest BCUT2D eigenvalue weighted by Crippen LogP contribution is 1.32. The van der Waals surface area contributed by atoms with Gasteiger partial charge in [-0.15, -0.1) is 0 Å². The minimum absolute atomic E-state index is 0. The number of hydrogen-bond acceptors (Lipinski definition) is 2. The molecule has 0 aliphatic heterocycles. The Bertz CT molecular complexity index is 8.85. The van der Waals surface area contributed by atoms with Gasteiger partial charge in [0, 0.05) is 7.05 Å². The summed E-state index contributed by atoms with van der Waals surface area (Å²) in [5.74, 6) is 0. The maximum atomic E-state index is 4.29. The smallest absolute Gasteiger partial charge is 0.0572 e. The van der Waals surface area contributed by atoms with Gasteiger partial charge in [-0.05, 0) is 0 Å². The van der Waals surface area contributed by atoms with Gasteiger partial charge in [0.1, 0.15) is 0 Å². The zero-order chi connectivity index (χ0) is 3.41. The molecule has 0 heterocycles. The average molecular weight is 77.1 g/mol. The molecule has 0 aromatic carbocycles. The minimum Gasteiger partial charge on any atom is -0.305 e. The molecule has 0 aromatic rings. The van der Waals surface area contributed by atoms with Crippen molar-refractivity contribution in [2.75, 3.05) is 14.2 Å². The zero-order valence-electron chi connectivity index (χ0n) is 2.91. The molecular formula is C3H11NO. The van der Waals surface area contributed by atoms with E-state index < -0.39 is 0 Å². The molecule has 0 radical (unpaired) electrons. The van der Waals surface area contributed by atoms with Gasteiger partial charge in [0.25, 0.3) is 0 Å². The lowest BCUT2D eigenvalue weighted by Gasteiger charge is -1.80. The number of hydroxylamine groups is 1. The SMILES string of the molecule is C.CNOC. The lowest BCUT2D eigenvalue weighted by molar-refractivity contribution is 0.112. The van der Waals surface area contributed by atoms with Crippen molar-refractivity contribution >= 4 is 0 Å². The highest BCUT2D eigenvalue weighted by Gasteiger charge is 1.45. The van der Waals surface area contributed by atoms with Gasteiger partial charge in [0.2, 0.25) is 0 Å². The Morgan fingerprint density at radius 2 is 1.80 bits per heavy atom. The molecule has 0 aliphatic carbocycles. The summed E-state index contributed by atoms with van der Waals surface area (Å²) in [6, 6.07) is 0. The zero-order valence-corrected chi connectivity index (χ0v) is 2.91. The Labute approximate surface area is 33.1 Å².